The van der Waals surface area contributed by atoms with Crippen LogP contribution in [0.25, 0.3) is 0 Å². The monoisotopic (exact) mass is 236 g/mol. The molecule has 1 unspecified atom stereocenters. The number of phenolic OH excluding ortho intramolecular Hbond substituents is 1. The summed E-state index contributed by atoms with van der Waals surface area (Å²) in [6.45, 7) is 4.79. The highest BCUT2D eigenvalue weighted by atomic mass is 16.3. The van der Waals surface area contributed by atoms with Crippen LogP contribution in [-0.2, 0) is 11.3 Å². The van der Waals surface area contributed by atoms with Crippen molar-refractivity contribution >= 4 is 5.91 Å². The van der Waals surface area contributed by atoms with Crippen LogP contribution in [0.3, 0.4) is 0 Å². The molecule has 0 bridgehead atoms. The Morgan fingerprint density at radius 2 is 1.94 bits per heavy atom. The molecule has 1 rings (SSSR count). The predicted octanol–water partition coefficient (Wildman–Crippen LogP) is 1.24. The molecule has 0 saturated carbocycles. The van der Waals surface area contributed by atoms with Crippen LogP contribution in [0.4, 0.5) is 0 Å². The Hall–Kier alpha value is -1.55. The molecule has 0 radical (unpaired) electrons. The van der Waals surface area contributed by atoms with Gasteiger partial charge < -0.3 is 16.2 Å². The lowest BCUT2D eigenvalue weighted by molar-refractivity contribution is -0.126. The standard InChI is InChI=1S/C13H20N2O2/c1-9(2)12(7-14)13(17)15-8-10-3-5-11(16)6-4-10/h3-6,9,12,16H,7-8,14H2,1-2H3,(H,15,17). The van der Waals surface area contributed by atoms with E-state index >= 15 is 0 Å². The van der Waals surface area contributed by atoms with Crippen LogP contribution in [0, 0.1) is 11.8 Å². The number of aromatic hydroxyl groups is 1. The Balaban J connectivity index is 2.50. The van der Waals surface area contributed by atoms with Gasteiger partial charge in [-0.15, -0.1) is 0 Å². The van der Waals surface area contributed by atoms with E-state index in [0.717, 1.165) is 5.56 Å². The number of rotatable bonds is 5. The van der Waals surface area contributed by atoms with E-state index in [4.69, 9.17) is 10.8 Å². The normalized spacial score (nSPS) is 12.5. The van der Waals surface area contributed by atoms with Gasteiger partial charge >= 0.3 is 0 Å². The number of benzene rings is 1. The minimum atomic E-state index is -0.146. The van der Waals surface area contributed by atoms with Crippen LogP contribution >= 0.6 is 0 Å². The first-order valence-corrected chi connectivity index (χ1v) is 5.80. The lowest BCUT2D eigenvalue weighted by atomic mass is 9.95. The minimum absolute atomic E-state index is 0.0180. The maximum atomic E-state index is 11.8. The van der Waals surface area contributed by atoms with E-state index < -0.39 is 0 Å². The quantitative estimate of drug-likeness (QED) is 0.720. The smallest absolute Gasteiger partial charge is 0.224 e. The van der Waals surface area contributed by atoms with Crippen molar-refractivity contribution in [2.45, 2.75) is 20.4 Å². The number of nitrogens with one attached hydrogen (secondary N) is 1. The molecule has 17 heavy (non-hydrogen) atoms. The van der Waals surface area contributed by atoms with Crippen molar-refractivity contribution in [1.29, 1.82) is 0 Å². The second-order valence-electron chi connectivity index (χ2n) is 4.47. The number of phenols is 1. The average molecular weight is 236 g/mol. The Kier molecular flexibility index (Phi) is 4.97. The summed E-state index contributed by atoms with van der Waals surface area (Å²) in [5.74, 6) is 0.296. The van der Waals surface area contributed by atoms with Crippen molar-refractivity contribution in [1.82, 2.24) is 5.32 Å². The van der Waals surface area contributed by atoms with Crippen LogP contribution in [-0.4, -0.2) is 17.6 Å². The van der Waals surface area contributed by atoms with E-state index in [1.165, 1.54) is 0 Å². The topological polar surface area (TPSA) is 75.4 Å². The highest BCUT2D eigenvalue weighted by molar-refractivity contribution is 5.79. The van der Waals surface area contributed by atoms with Crippen molar-refractivity contribution in [2.24, 2.45) is 17.6 Å². The number of amides is 1. The third kappa shape index (κ3) is 4.07. The van der Waals surface area contributed by atoms with Crippen molar-refractivity contribution in [3.8, 4) is 5.75 Å². The van der Waals surface area contributed by atoms with E-state index in [9.17, 15) is 4.79 Å². The fourth-order valence-corrected chi connectivity index (χ4v) is 1.62. The van der Waals surface area contributed by atoms with Gasteiger partial charge in [-0.25, -0.2) is 0 Å². The highest BCUT2D eigenvalue weighted by Crippen LogP contribution is 2.11. The molecule has 0 aromatic heterocycles. The zero-order chi connectivity index (χ0) is 12.8. The van der Waals surface area contributed by atoms with Gasteiger partial charge in [-0.2, -0.15) is 0 Å². The van der Waals surface area contributed by atoms with Crippen LogP contribution in [0.1, 0.15) is 19.4 Å². The van der Waals surface area contributed by atoms with Crippen molar-refractivity contribution in [3.63, 3.8) is 0 Å². The van der Waals surface area contributed by atoms with Gasteiger partial charge in [0.2, 0.25) is 5.91 Å². The summed E-state index contributed by atoms with van der Waals surface area (Å²) in [6, 6.07) is 6.76. The fourth-order valence-electron chi connectivity index (χ4n) is 1.62. The first-order chi connectivity index (χ1) is 8.04. The fraction of sp³-hybridized carbons (Fsp3) is 0.462. The highest BCUT2D eigenvalue weighted by Gasteiger charge is 2.19. The van der Waals surface area contributed by atoms with Gasteiger partial charge in [-0.05, 0) is 23.6 Å². The number of carbonyl (C=O) groups excluding carboxylic acids is 1. The molecular formula is C13H20N2O2. The van der Waals surface area contributed by atoms with E-state index in [1.54, 1.807) is 24.3 Å². The average Bonchev–Trinajstić information content (AvgIpc) is 2.28. The SMILES string of the molecule is CC(C)C(CN)C(=O)NCc1ccc(O)cc1. The first-order valence-electron chi connectivity index (χ1n) is 5.80. The van der Waals surface area contributed by atoms with Gasteiger partial charge in [0.05, 0.1) is 5.92 Å². The minimum Gasteiger partial charge on any atom is -0.508 e. The Labute approximate surface area is 102 Å². The second kappa shape index (κ2) is 6.25. The third-order valence-corrected chi connectivity index (χ3v) is 2.80. The summed E-state index contributed by atoms with van der Waals surface area (Å²) in [5.41, 5.74) is 6.52. The Morgan fingerprint density at radius 3 is 2.41 bits per heavy atom. The Bertz CT molecular complexity index is 360. The van der Waals surface area contributed by atoms with Gasteiger partial charge in [0.15, 0.2) is 0 Å². The zero-order valence-corrected chi connectivity index (χ0v) is 10.3. The van der Waals surface area contributed by atoms with Gasteiger partial charge in [-0.1, -0.05) is 26.0 Å². The van der Waals surface area contributed by atoms with E-state index in [2.05, 4.69) is 5.32 Å². The molecule has 0 heterocycles. The molecule has 0 aliphatic heterocycles. The van der Waals surface area contributed by atoms with Crippen LogP contribution in [0.15, 0.2) is 24.3 Å². The molecule has 1 aromatic carbocycles. The summed E-state index contributed by atoms with van der Waals surface area (Å²) in [5, 5.41) is 12.0. The van der Waals surface area contributed by atoms with E-state index in [1.807, 2.05) is 13.8 Å². The number of hydrogen-bond donors (Lipinski definition) is 3. The molecule has 0 spiro atoms. The maximum absolute atomic E-state index is 11.8. The summed E-state index contributed by atoms with van der Waals surface area (Å²) in [7, 11) is 0. The molecule has 4 heteroatoms. The third-order valence-electron chi connectivity index (χ3n) is 2.80. The molecule has 4 nitrogen and oxygen atoms in total. The van der Waals surface area contributed by atoms with Crippen molar-refractivity contribution < 1.29 is 9.90 Å². The van der Waals surface area contributed by atoms with Crippen LogP contribution in [0.5, 0.6) is 5.75 Å². The lowest BCUT2D eigenvalue weighted by Crippen LogP contribution is -2.37. The van der Waals surface area contributed by atoms with Gasteiger partial charge in [0, 0.05) is 13.1 Å². The molecule has 1 aromatic rings. The molecule has 0 aliphatic carbocycles. The number of nitrogens with two attached hydrogens (primary N) is 1. The molecule has 4 N–H and O–H groups in total. The molecule has 0 saturated heterocycles. The molecule has 0 fully saturated rings. The number of carbonyl (C=O) groups is 1. The molecule has 1 atom stereocenters. The second-order valence-corrected chi connectivity index (χ2v) is 4.47. The van der Waals surface area contributed by atoms with Crippen molar-refractivity contribution in [2.75, 3.05) is 6.54 Å². The summed E-state index contributed by atoms with van der Waals surface area (Å²) < 4.78 is 0. The van der Waals surface area contributed by atoms with Crippen molar-refractivity contribution in [3.05, 3.63) is 29.8 Å². The Morgan fingerprint density at radius 1 is 1.35 bits per heavy atom. The van der Waals surface area contributed by atoms with Gasteiger partial charge in [-0.3, -0.25) is 4.79 Å². The predicted molar refractivity (Wildman–Crippen MR) is 67.3 cm³/mol. The first kappa shape index (κ1) is 13.5. The van der Waals surface area contributed by atoms with Crippen LogP contribution in [0.2, 0.25) is 0 Å². The molecule has 0 aliphatic rings. The summed E-state index contributed by atoms with van der Waals surface area (Å²) >= 11 is 0. The molecular weight excluding hydrogens is 216 g/mol. The van der Waals surface area contributed by atoms with Crippen LogP contribution < -0.4 is 11.1 Å². The zero-order valence-electron chi connectivity index (χ0n) is 10.3. The van der Waals surface area contributed by atoms with Gasteiger partial charge in [0.25, 0.3) is 0 Å². The van der Waals surface area contributed by atoms with E-state index in [-0.39, 0.29) is 23.5 Å². The summed E-state index contributed by atoms with van der Waals surface area (Å²) in [4.78, 5) is 11.8. The largest absolute Gasteiger partial charge is 0.508 e. The molecule has 94 valence electrons. The van der Waals surface area contributed by atoms with E-state index in [0.29, 0.717) is 13.1 Å². The maximum Gasteiger partial charge on any atom is 0.224 e. The lowest BCUT2D eigenvalue weighted by Gasteiger charge is -2.18. The number of hydrogen-bond acceptors (Lipinski definition) is 3. The molecule has 1 amide bonds. The van der Waals surface area contributed by atoms with Gasteiger partial charge in [0.1, 0.15) is 5.75 Å². The summed E-state index contributed by atoms with van der Waals surface area (Å²) in [6.07, 6.45) is 0.